The second-order valence-corrected chi connectivity index (χ2v) is 13.9. The molecule has 0 fully saturated rings. The molecule has 1 amide bonds. The number of unbranched alkanes of at least 4 members (excludes halogenated alkanes) is 27. The molecule has 3 unspecified atom stereocenters. The molecular formula is C40H79NO4. The lowest BCUT2D eigenvalue weighted by molar-refractivity contribution is -0.123. The number of hydrogen-bond acceptors (Lipinski definition) is 4. The number of aliphatic hydroxyl groups excluding tert-OH is 3. The van der Waals surface area contributed by atoms with Gasteiger partial charge in [0.25, 0.3) is 0 Å². The van der Waals surface area contributed by atoms with Crippen LogP contribution in [0.4, 0.5) is 0 Å². The molecule has 0 rings (SSSR count). The summed E-state index contributed by atoms with van der Waals surface area (Å²) >= 11 is 0. The van der Waals surface area contributed by atoms with E-state index in [-0.39, 0.29) is 12.5 Å². The van der Waals surface area contributed by atoms with Crippen molar-refractivity contribution in [1.82, 2.24) is 5.32 Å². The molecule has 0 heterocycles. The fourth-order valence-electron chi connectivity index (χ4n) is 6.20. The van der Waals surface area contributed by atoms with Gasteiger partial charge in [0.05, 0.1) is 24.9 Å². The molecule has 45 heavy (non-hydrogen) atoms. The third kappa shape index (κ3) is 32.8. The van der Waals surface area contributed by atoms with Crippen LogP contribution in [0.1, 0.15) is 213 Å². The average molecular weight is 638 g/mol. The van der Waals surface area contributed by atoms with Crippen molar-refractivity contribution >= 4 is 5.91 Å². The van der Waals surface area contributed by atoms with Crippen LogP contribution < -0.4 is 5.32 Å². The first-order valence-corrected chi connectivity index (χ1v) is 20.0. The van der Waals surface area contributed by atoms with Gasteiger partial charge in [-0.2, -0.15) is 0 Å². The van der Waals surface area contributed by atoms with Crippen LogP contribution in [0.15, 0.2) is 12.2 Å². The Morgan fingerprint density at radius 2 is 0.844 bits per heavy atom. The first-order chi connectivity index (χ1) is 22.0. The summed E-state index contributed by atoms with van der Waals surface area (Å²) in [5, 5.41) is 33.1. The smallest absolute Gasteiger partial charge is 0.220 e. The molecule has 3 atom stereocenters. The van der Waals surface area contributed by atoms with Gasteiger partial charge in [0.15, 0.2) is 0 Å². The maximum atomic E-state index is 12.3. The summed E-state index contributed by atoms with van der Waals surface area (Å²) in [5.41, 5.74) is 0. The van der Waals surface area contributed by atoms with Gasteiger partial charge in [-0.3, -0.25) is 4.79 Å². The lowest BCUT2D eigenvalue weighted by Gasteiger charge is -2.20. The highest BCUT2D eigenvalue weighted by Gasteiger charge is 2.18. The highest BCUT2D eigenvalue weighted by molar-refractivity contribution is 5.76. The molecule has 0 aliphatic carbocycles. The van der Waals surface area contributed by atoms with E-state index in [1.165, 1.54) is 160 Å². The minimum atomic E-state index is -1.01. The van der Waals surface area contributed by atoms with Crippen LogP contribution in [0.3, 0.4) is 0 Å². The lowest BCUT2D eigenvalue weighted by atomic mass is 10.0. The molecule has 4 N–H and O–H groups in total. The second-order valence-electron chi connectivity index (χ2n) is 13.9. The van der Waals surface area contributed by atoms with Crippen LogP contribution in [-0.2, 0) is 4.79 Å². The van der Waals surface area contributed by atoms with E-state index in [4.69, 9.17) is 0 Å². The van der Waals surface area contributed by atoms with Gasteiger partial charge >= 0.3 is 0 Å². The van der Waals surface area contributed by atoms with E-state index in [0.29, 0.717) is 12.8 Å². The van der Waals surface area contributed by atoms with Gasteiger partial charge in [-0.05, 0) is 12.8 Å². The lowest BCUT2D eigenvalue weighted by Crippen LogP contribution is -2.45. The average Bonchev–Trinajstić information content (AvgIpc) is 3.04. The Kier molecular flexibility index (Phi) is 35.2. The maximum Gasteiger partial charge on any atom is 0.220 e. The van der Waals surface area contributed by atoms with Gasteiger partial charge in [-0.1, -0.05) is 206 Å². The van der Waals surface area contributed by atoms with Gasteiger partial charge in [-0.25, -0.2) is 0 Å². The molecule has 5 nitrogen and oxygen atoms in total. The van der Waals surface area contributed by atoms with Crippen molar-refractivity contribution in [2.24, 2.45) is 0 Å². The molecule has 0 saturated heterocycles. The number of aliphatic hydroxyl groups is 3. The fraction of sp³-hybridized carbons (Fsp3) is 0.925. The Labute approximate surface area is 280 Å². The Morgan fingerprint density at radius 3 is 1.20 bits per heavy atom. The Hall–Kier alpha value is -0.910. The molecule has 0 aromatic heterocycles. The zero-order valence-corrected chi connectivity index (χ0v) is 30.3. The number of carbonyl (C=O) groups is 1. The molecule has 268 valence electrons. The summed E-state index contributed by atoms with van der Waals surface area (Å²) < 4.78 is 0. The van der Waals surface area contributed by atoms with Crippen molar-refractivity contribution in [2.75, 3.05) is 6.61 Å². The van der Waals surface area contributed by atoms with Crippen molar-refractivity contribution in [3.8, 4) is 0 Å². The van der Waals surface area contributed by atoms with E-state index in [1.54, 1.807) is 6.08 Å². The molecule has 0 spiro atoms. The van der Waals surface area contributed by atoms with Crippen LogP contribution in [-0.4, -0.2) is 46.1 Å². The zero-order valence-electron chi connectivity index (χ0n) is 30.3. The molecule has 0 bridgehead atoms. The number of rotatable bonds is 36. The highest BCUT2D eigenvalue weighted by atomic mass is 16.3. The fourth-order valence-corrected chi connectivity index (χ4v) is 6.20. The third-order valence-electron chi connectivity index (χ3n) is 9.35. The maximum absolute atomic E-state index is 12.3. The topological polar surface area (TPSA) is 89.8 Å². The second kappa shape index (κ2) is 35.9. The highest BCUT2D eigenvalue weighted by Crippen LogP contribution is 2.16. The largest absolute Gasteiger partial charge is 0.394 e. The van der Waals surface area contributed by atoms with Crippen molar-refractivity contribution in [3.05, 3.63) is 12.2 Å². The molecule has 0 aliphatic heterocycles. The van der Waals surface area contributed by atoms with Gasteiger partial charge in [-0.15, -0.1) is 0 Å². The molecule has 0 aromatic carbocycles. The summed E-state index contributed by atoms with van der Waals surface area (Å²) in [5.74, 6) is -0.126. The van der Waals surface area contributed by atoms with Crippen LogP contribution in [0.5, 0.6) is 0 Å². The molecule has 0 aliphatic rings. The summed E-state index contributed by atoms with van der Waals surface area (Å²) in [6.07, 6.45) is 40.4. The standard InChI is InChI=1S/C40H79NO4/c1-3-5-7-9-11-13-15-16-17-18-19-20-21-22-23-25-27-29-31-33-40(45)41-38(36-42)39(44)35-34-37(43)32-30-28-26-24-14-12-10-8-6-4-2/h34-35,37-39,42-44H,3-33,36H2,1-2H3,(H,41,45)/b35-34+. The summed E-state index contributed by atoms with van der Waals surface area (Å²) in [7, 11) is 0. The van der Waals surface area contributed by atoms with E-state index >= 15 is 0 Å². The Bertz CT molecular complexity index is 625. The van der Waals surface area contributed by atoms with Crippen LogP contribution in [0.25, 0.3) is 0 Å². The molecular weight excluding hydrogens is 558 g/mol. The number of nitrogens with one attached hydrogen (secondary N) is 1. The predicted molar refractivity (Wildman–Crippen MR) is 195 cm³/mol. The molecule has 0 radical (unpaired) electrons. The van der Waals surface area contributed by atoms with Crippen LogP contribution in [0.2, 0.25) is 0 Å². The normalized spacial score (nSPS) is 13.8. The minimum absolute atomic E-state index is 0.126. The van der Waals surface area contributed by atoms with Gasteiger partial charge in [0.1, 0.15) is 0 Å². The minimum Gasteiger partial charge on any atom is -0.394 e. The van der Waals surface area contributed by atoms with E-state index in [9.17, 15) is 20.1 Å². The summed E-state index contributed by atoms with van der Waals surface area (Å²) in [4.78, 5) is 12.3. The number of amides is 1. The van der Waals surface area contributed by atoms with E-state index in [1.807, 2.05) is 0 Å². The molecule has 0 aromatic rings. The third-order valence-corrected chi connectivity index (χ3v) is 9.35. The van der Waals surface area contributed by atoms with Gasteiger partial charge < -0.3 is 20.6 Å². The first-order valence-electron chi connectivity index (χ1n) is 20.0. The monoisotopic (exact) mass is 638 g/mol. The predicted octanol–water partition coefficient (Wildman–Crippen LogP) is 10.9. The van der Waals surface area contributed by atoms with E-state index < -0.39 is 18.2 Å². The quantitative estimate of drug-likeness (QED) is 0.0406. The Balaban J connectivity index is 3.64. The molecule has 0 saturated carbocycles. The van der Waals surface area contributed by atoms with Crippen molar-refractivity contribution < 1.29 is 20.1 Å². The molecule has 5 heteroatoms. The SMILES string of the molecule is CCCCCCCCCCCCCCCCCCCCCC(=O)NC(CO)C(O)/C=C/C(O)CCCCCCCCCCCC. The van der Waals surface area contributed by atoms with Gasteiger partial charge in [0, 0.05) is 6.42 Å². The van der Waals surface area contributed by atoms with Crippen molar-refractivity contribution in [1.29, 1.82) is 0 Å². The van der Waals surface area contributed by atoms with Crippen molar-refractivity contribution in [3.63, 3.8) is 0 Å². The first kappa shape index (κ1) is 44.1. The zero-order chi connectivity index (χ0) is 33.1. The summed E-state index contributed by atoms with van der Waals surface area (Å²) in [6, 6.07) is -0.737. The summed E-state index contributed by atoms with van der Waals surface area (Å²) in [6.45, 7) is 4.20. The van der Waals surface area contributed by atoms with Crippen LogP contribution in [0, 0.1) is 0 Å². The number of carbonyl (C=O) groups excluding carboxylic acids is 1. The van der Waals surface area contributed by atoms with E-state index in [0.717, 1.165) is 32.1 Å². The van der Waals surface area contributed by atoms with E-state index in [2.05, 4.69) is 19.2 Å². The number of hydrogen-bond donors (Lipinski definition) is 4. The van der Waals surface area contributed by atoms with Crippen LogP contribution >= 0.6 is 0 Å². The van der Waals surface area contributed by atoms with Gasteiger partial charge in [0.2, 0.25) is 5.91 Å². The van der Waals surface area contributed by atoms with Crippen molar-refractivity contribution in [2.45, 2.75) is 231 Å². The Morgan fingerprint density at radius 1 is 0.511 bits per heavy atom.